The molecule has 4 nitrogen and oxygen atoms in total. The van der Waals surface area contributed by atoms with E-state index >= 15 is 0 Å². The largest absolute Gasteiger partial charge is 0.489 e. The summed E-state index contributed by atoms with van der Waals surface area (Å²) < 4.78 is 5.87. The quantitative estimate of drug-likeness (QED) is 0.351. The van der Waals surface area contributed by atoms with Crippen LogP contribution in [0.1, 0.15) is 22.5 Å². The van der Waals surface area contributed by atoms with Crippen LogP contribution in [-0.2, 0) is 6.61 Å². The number of aromatic nitrogens is 2. The summed E-state index contributed by atoms with van der Waals surface area (Å²) in [6, 6.07) is 21.0. The Balaban J connectivity index is 1.57. The number of hydrogen-bond donors (Lipinski definition) is 1. The first kappa shape index (κ1) is 20.0. The molecule has 0 fully saturated rings. The molecular formula is C24H17Cl2N3O. The monoisotopic (exact) mass is 433 g/mol. The van der Waals surface area contributed by atoms with E-state index in [9.17, 15) is 5.26 Å². The number of hydrogen-bond acceptors (Lipinski definition) is 3. The number of H-pyrrole nitrogens is 1. The summed E-state index contributed by atoms with van der Waals surface area (Å²) >= 11 is 12.1. The van der Waals surface area contributed by atoms with Crippen LogP contribution >= 0.6 is 23.2 Å². The molecule has 0 unspecified atom stereocenters. The van der Waals surface area contributed by atoms with Crippen molar-refractivity contribution in [3.63, 3.8) is 0 Å². The third kappa shape index (κ3) is 4.49. The fourth-order valence-electron chi connectivity index (χ4n) is 3.07. The molecule has 0 saturated heterocycles. The Bertz CT molecular complexity index is 1300. The maximum Gasteiger partial charge on any atom is 0.149 e. The molecule has 1 heterocycles. The minimum absolute atomic E-state index is 0.317. The van der Waals surface area contributed by atoms with E-state index in [0.29, 0.717) is 33.8 Å². The van der Waals surface area contributed by atoms with Crippen LogP contribution in [0.25, 0.3) is 22.7 Å². The Kier molecular flexibility index (Phi) is 5.76. The van der Waals surface area contributed by atoms with Gasteiger partial charge in [0.15, 0.2) is 0 Å². The lowest BCUT2D eigenvalue weighted by molar-refractivity contribution is 0.306. The number of fused-ring (bicyclic) bond motifs is 1. The molecule has 0 aliphatic rings. The molecule has 6 heteroatoms. The molecule has 4 rings (SSSR count). The first-order valence-electron chi connectivity index (χ1n) is 9.27. The van der Waals surface area contributed by atoms with Gasteiger partial charge < -0.3 is 9.72 Å². The number of halogens is 2. The summed E-state index contributed by atoms with van der Waals surface area (Å²) in [6.07, 6.45) is 1.78. The molecule has 0 aliphatic carbocycles. The van der Waals surface area contributed by atoms with Crippen molar-refractivity contribution in [2.45, 2.75) is 13.5 Å². The van der Waals surface area contributed by atoms with Gasteiger partial charge in [0.25, 0.3) is 0 Å². The molecule has 0 bridgehead atoms. The number of rotatable bonds is 5. The maximum absolute atomic E-state index is 9.66. The number of allylic oxidation sites excluding steroid dienone is 1. The number of nitrogens with one attached hydrogen (secondary N) is 1. The summed E-state index contributed by atoms with van der Waals surface area (Å²) in [5, 5.41) is 10.8. The molecular weight excluding hydrogens is 417 g/mol. The number of nitrogens with zero attached hydrogens (tertiary/aromatic N) is 2. The number of nitriles is 1. The number of aryl methyl sites for hydroxylation is 1. The first-order valence-corrected chi connectivity index (χ1v) is 10.0. The van der Waals surface area contributed by atoms with Crippen LogP contribution < -0.4 is 4.74 Å². The van der Waals surface area contributed by atoms with Crippen LogP contribution in [0.15, 0.2) is 60.7 Å². The fourth-order valence-corrected chi connectivity index (χ4v) is 3.53. The van der Waals surface area contributed by atoms with Gasteiger partial charge in [0, 0.05) is 15.6 Å². The molecule has 0 spiro atoms. The lowest BCUT2D eigenvalue weighted by atomic mass is 10.1. The van der Waals surface area contributed by atoms with E-state index in [1.165, 1.54) is 0 Å². The van der Waals surface area contributed by atoms with E-state index in [1.807, 2.05) is 55.5 Å². The molecule has 0 aliphatic heterocycles. The van der Waals surface area contributed by atoms with Crippen molar-refractivity contribution in [3.05, 3.63) is 93.2 Å². The average Bonchev–Trinajstić information content (AvgIpc) is 3.14. The second-order valence-corrected chi connectivity index (χ2v) is 7.72. The Labute approximate surface area is 184 Å². The van der Waals surface area contributed by atoms with Gasteiger partial charge in [0.2, 0.25) is 0 Å². The van der Waals surface area contributed by atoms with E-state index in [2.05, 4.69) is 16.0 Å². The van der Waals surface area contributed by atoms with Crippen LogP contribution in [-0.4, -0.2) is 9.97 Å². The van der Waals surface area contributed by atoms with E-state index in [4.69, 9.17) is 27.9 Å². The number of benzene rings is 3. The van der Waals surface area contributed by atoms with Crippen LogP contribution in [0.4, 0.5) is 0 Å². The average molecular weight is 434 g/mol. The van der Waals surface area contributed by atoms with Crippen molar-refractivity contribution in [2.75, 3.05) is 0 Å². The number of imidazole rings is 1. The van der Waals surface area contributed by atoms with E-state index in [1.54, 1.807) is 18.2 Å². The summed E-state index contributed by atoms with van der Waals surface area (Å²) in [7, 11) is 0. The van der Waals surface area contributed by atoms with Crippen LogP contribution in [0.3, 0.4) is 0 Å². The first-order chi connectivity index (χ1) is 14.5. The molecule has 1 N–H and O–H groups in total. The third-order valence-corrected chi connectivity index (χ3v) is 5.18. The summed E-state index contributed by atoms with van der Waals surface area (Å²) in [6.45, 7) is 2.33. The Hall–Kier alpha value is -3.26. The van der Waals surface area contributed by atoms with Gasteiger partial charge in [-0.1, -0.05) is 47.5 Å². The van der Waals surface area contributed by atoms with Gasteiger partial charge in [-0.3, -0.25) is 0 Å². The molecule has 0 radical (unpaired) electrons. The van der Waals surface area contributed by atoms with Gasteiger partial charge in [0.05, 0.1) is 16.6 Å². The standard InChI is InChI=1S/C24H17Cl2N3O/c1-15-5-8-22-23(9-15)29-24(28-22)18(13-27)10-16-3-2-4-20(11-16)30-14-17-6-7-19(25)12-21(17)26/h2-12H,14H2,1H3,(H,28,29)/b18-10+. The van der Waals surface area contributed by atoms with Crippen LogP contribution in [0.2, 0.25) is 10.0 Å². The summed E-state index contributed by atoms with van der Waals surface area (Å²) in [4.78, 5) is 7.75. The molecule has 3 aromatic carbocycles. The maximum atomic E-state index is 9.66. The van der Waals surface area contributed by atoms with E-state index in [0.717, 1.165) is 27.7 Å². The highest BCUT2D eigenvalue weighted by molar-refractivity contribution is 6.35. The molecule has 1 aromatic heterocycles. The fraction of sp³-hybridized carbons (Fsp3) is 0.0833. The molecule has 30 heavy (non-hydrogen) atoms. The van der Waals surface area contributed by atoms with Gasteiger partial charge in [-0.15, -0.1) is 0 Å². The van der Waals surface area contributed by atoms with Crippen molar-refractivity contribution in [3.8, 4) is 11.8 Å². The van der Waals surface area contributed by atoms with E-state index < -0.39 is 0 Å². The van der Waals surface area contributed by atoms with Gasteiger partial charge in [-0.05, 0) is 60.5 Å². The smallest absolute Gasteiger partial charge is 0.149 e. The zero-order valence-corrected chi connectivity index (χ0v) is 17.6. The zero-order chi connectivity index (χ0) is 21.1. The highest BCUT2D eigenvalue weighted by Gasteiger charge is 2.09. The van der Waals surface area contributed by atoms with Gasteiger partial charge in [-0.2, -0.15) is 5.26 Å². The topological polar surface area (TPSA) is 61.7 Å². The molecule has 0 saturated carbocycles. The minimum atomic E-state index is 0.317. The highest BCUT2D eigenvalue weighted by Crippen LogP contribution is 2.25. The van der Waals surface area contributed by atoms with Gasteiger partial charge in [0.1, 0.15) is 24.3 Å². The molecule has 0 amide bonds. The number of ether oxygens (including phenoxy) is 1. The van der Waals surface area contributed by atoms with Crippen LogP contribution in [0.5, 0.6) is 5.75 Å². The molecule has 0 atom stereocenters. The van der Waals surface area contributed by atoms with Gasteiger partial charge in [-0.25, -0.2) is 4.98 Å². The Morgan fingerprint density at radius 2 is 2.00 bits per heavy atom. The SMILES string of the molecule is Cc1ccc2nc(/C(C#N)=C/c3cccc(OCc4ccc(Cl)cc4Cl)c3)[nH]c2c1. The number of aromatic amines is 1. The second kappa shape index (κ2) is 8.62. The van der Waals surface area contributed by atoms with Crippen molar-refractivity contribution in [1.29, 1.82) is 5.26 Å². The highest BCUT2D eigenvalue weighted by atomic mass is 35.5. The van der Waals surface area contributed by atoms with Crippen molar-refractivity contribution in [2.24, 2.45) is 0 Å². The Morgan fingerprint density at radius 1 is 1.13 bits per heavy atom. The molecule has 148 valence electrons. The minimum Gasteiger partial charge on any atom is -0.489 e. The summed E-state index contributed by atoms with van der Waals surface area (Å²) in [5.74, 6) is 1.21. The third-order valence-electron chi connectivity index (χ3n) is 4.59. The lowest BCUT2D eigenvalue weighted by Crippen LogP contribution is -1.96. The van der Waals surface area contributed by atoms with E-state index in [-0.39, 0.29) is 0 Å². The Morgan fingerprint density at radius 3 is 2.80 bits per heavy atom. The van der Waals surface area contributed by atoms with Gasteiger partial charge >= 0.3 is 0 Å². The van der Waals surface area contributed by atoms with Crippen molar-refractivity contribution in [1.82, 2.24) is 9.97 Å². The summed E-state index contributed by atoms with van der Waals surface area (Å²) in [5.41, 5.74) is 4.99. The van der Waals surface area contributed by atoms with Crippen LogP contribution in [0, 0.1) is 18.3 Å². The van der Waals surface area contributed by atoms with Crippen molar-refractivity contribution >= 4 is 45.9 Å². The predicted octanol–water partition coefficient (Wildman–Crippen LogP) is 6.82. The lowest BCUT2D eigenvalue weighted by Gasteiger charge is -2.09. The van der Waals surface area contributed by atoms with Crippen molar-refractivity contribution < 1.29 is 4.74 Å². The zero-order valence-electron chi connectivity index (χ0n) is 16.1. The normalized spacial score (nSPS) is 11.5. The predicted molar refractivity (Wildman–Crippen MR) is 122 cm³/mol. The molecule has 4 aromatic rings. The second-order valence-electron chi connectivity index (χ2n) is 6.87.